The zero-order valence-electron chi connectivity index (χ0n) is 9.52. The van der Waals surface area contributed by atoms with Gasteiger partial charge in [-0.2, -0.15) is 0 Å². The summed E-state index contributed by atoms with van der Waals surface area (Å²) in [4.78, 5) is 10.9. The molecule has 17 heavy (non-hydrogen) atoms. The number of methoxy groups -OCH3 is 1. The Labute approximate surface area is 98.1 Å². The van der Waals surface area contributed by atoms with Gasteiger partial charge >= 0.3 is 5.97 Å². The molecule has 0 aliphatic carbocycles. The van der Waals surface area contributed by atoms with Gasteiger partial charge in [0.15, 0.2) is 0 Å². The maximum absolute atomic E-state index is 10.9. The predicted octanol–water partition coefficient (Wildman–Crippen LogP) is 2.56. The van der Waals surface area contributed by atoms with Crippen LogP contribution in [0, 0.1) is 6.92 Å². The molecule has 0 radical (unpaired) electrons. The summed E-state index contributed by atoms with van der Waals surface area (Å²) in [5.41, 5.74) is 0.911. The largest absolute Gasteiger partial charge is 0.507 e. The summed E-state index contributed by atoms with van der Waals surface area (Å²) in [7, 11) is 1.51. The van der Waals surface area contributed by atoms with Gasteiger partial charge in [-0.25, -0.2) is 4.79 Å². The number of rotatable bonds is 2. The number of benzene rings is 2. The fourth-order valence-corrected chi connectivity index (χ4v) is 1.91. The summed E-state index contributed by atoms with van der Waals surface area (Å²) in [5, 5.41) is 20.1. The molecule has 2 rings (SSSR count). The normalized spacial score (nSPS) is 10.5. The molecule has 0 aliphatic heterocycles. The molecule has 0 spiro atoms. The first-order chi connectivity index (χ1) is 8.04. The number of phenols is 1. The number of aromatic carboxylic acids is 1. The number of hydrogen-bond acceptors (Lipinski definition) is 3. The fourth-order valence-electron chi connectivity index (χ4n) is 1.91. The first-order valence-corrected chi connectivity index (χ1v) is 5.08. The number of carboxylic acids is 1. The average Bonchev–Trinajstić information content (AvgIpc) is 2.28. The van der Waals surface area contributed by atoms with E-state index in [0.717, 1.165) is 5.56 Å². The van der Waals surface area contributed by atoms with Gasteiger partial charge in [-0.1, -0.05) is 6.07 Å². The number of carbonyl (C=O) groups is 1. The van der Waals surface area contributed by atoms with Gasteiger partial charge in [0.2, 0.25) is 0 Å². The van der Waals surface area contributed by atoms with Gasteiger partial charge in [0.25, 0.3) is 0 Å². The lowest BCUT2D eigenvalue weighted by Crippen LogP contribution is -1.97. The Morgan fingerprint density at radius 2 is 2.00 bits per heavy atom. The Morgan fingerprint density at radius 1 is 1.29 bits per heavy atom. The second kappa shape index (κ2) is 3.97. The van der Waals surface area contributed by atoms with Crippen molar-refractivity contribution in [2.75, 3.05) is 7.11 Å². The van der Waals surface area contributed by atoms with E-state index in [1.807, 2.05) is 13.0 Å². The molecule has 0 heterocycles. The highest BCUT2D eigenvalue weighted by Crippen LogP contribution is 2.35. The van der Waals surface area contributed by atoms with E-state index in [1.54, 1.807) is 6.07 Å². The fraction of sp³-hybridized carbons (Fsp3) is 0.154. The van der Waals surface area contributed by atoms with Crippen LogP contribution < -0.4 is 4.74 Å². The molecule has 0 aliphatic rings. The van der Waals surface area contributed by atoms with Crippen molar-refractivity contribution in [3.8, 4) is 11.5 Å². The van der Waals surface area contributed by atoms with E-state index in [0.29, 0.717) is 16.5 Å². The van der Waals surface area contributed by atoms with E-state index in [-0.39, 0.29) is 11.3 Å². The molecule has 0 amide bonds. The molecule has 4 heteroatoms. The third-order valence-electron chi connectivity index (χ3n) is 2.73. The van der Waals surface area contributed by atoms with Crippen molar-refractivity contribution >= 4 is 16.7 Å². The number of fused-ring (bicyclic) bond motifs is 1. The standard InChI is InChI=1S/C13H12O4/c1-7-3-4-11(17-2)9-5-8(13(15)16)6-10(14)12(7)9/h3-6,14H,1-2H3,(H,15,16). The predicted molar refractivity (Wildman–Crippen MR) is 63.9 cm³/mol. The summed E-state index contributed by atoms with van der Waals surface area (Å²) in [6.07, 6.45) is 0. The zero-order chi connectivity index (χ0) is 12.6. The van der Waals surface area contributed by atoms with Gasteiger partial charge in [-0.05, 0) is 30.7 Å². The van der Waals surface area contributed by atoms with E-state index in [1.165, 1.54) is 19.2 Å². The lowest BCUT2D eigenvalue weighted by Gasteiger charge is -2.10. The smallest absolute Gasteiger partial charge is 0.335 e. The highest BCUT2D eigenvalue weighted by molar-refractivity contribution is 6.01. The Morgan fingerprint density at radius 3 is 2.59 bits per heavy atom. The second-order valence-electron chi connectivity index (χ2n) is 3.81. The Hall–Kier alpha value is -2.23. The SMILES string of the molecule is COc1ccc(C)c2c(O)cc(C(=O)O)cc12. The number of carboxylic acid groups (broad SMARTS) is 1. The van der Waals surface area contributed by atoms with Crippen molar-refractivity contribution in [1.29, 1.82) is 0 Å². The molecule has 0 aromatic heterocycles. The van der Waals surface area contributed by atoms with Gasteiger partial charge in [0.05, 0.1) is 12.7 Å². The molecule has 0 saturated carbocycles. The minimum absolute atomic E-state index is 0.0406. The molecule has 0 atom stereocenters. The monoisotopic (exact) mass is 232 g/mol. The minimum atomic E-state index is -1.08. The van der Waals surface area contributed by atoms with Crippen molar-refractivity contribution in [2.45, 2.75) is 6.92 Å². The quantitative estimate of drug-likeness (QED) is 0.835. The van der Waals surface area contributed by atoms with Crippen LogP contribution in [0.25, 0.3) is 10.8 Å². The van der Waals surface area contributed by atoms with Crippen LogP contribution in [-0.4, -0.2) is 23.3 Å². The van der Waals surface area contributed by atoms with Crippen LogP contribution in [0.3, 0.4) is 0 Å². The molecule has 88 valence electrons. The van der Waals surface area contributed by atoms with Crippen molar-refractivity contribution < 1.29 is 19.7 Å². The van der Waals surface area contributed by atoms with E-state index in [9.17, 15) is 9.90 Å². The van der Waals surface area contributed by atoms with Crippen molar-refractivity contribution in [3.05, 3.63) is 35.4 Å². The Bertz CT molecular complexity index is 602. The number of hydrogen-bond donors (Lipinski definition) is 2. The van der Waals surface area contributed by atoms with Crippen LogP contribution in [0.1, 0.15) is 15.9 Å². The molecule has 2 N–H and O–H groups in total. The molecule has 2 aromatic rings. The topological polar surface area (TPSA) is 66.8 Å². The van der Waals surface area contributed by atoms with Crippen LogP contribution in [0.15, 0.2) is 24.3 Å². The summed E-state index contributed by atoms with van der Waals surface area (Å²) >= 11 is 0. The second-order valence-corrected chi connectivity index (χ2v) is 3.81. The molecule has 4 nitrogen and oxygen atoms in total. The first kappa shape index (κ1) is 11.3. The summed E-state index contributed by atoms with van der Waals surface area (Å²) in [6.45, 7) is 1.85. The van der Waals surface area contributed by atoms with Crippen LogP contribution >= 0.6 is 0 Å². The maximum Gasteiger partial charge on any atom is 0.335 e. The molecule has 0 unspecified atom stereocenters. The average molecular weight is 232 g/mol. The molecular weight excluding hydrogens is 220 g/mol. The van der Waals surface area contributed by atoms with Crippen LogP contribution in [0.2, 0.25) is 0 Å². The van der Waals surface area contributed by atoms with Gasteiger partial charge in [-0.3, -0.25) is 0 Å². The lowest BCUT2D eigenvalue weighted by atomic mass is 10.0. The Kier molecular flexibility index (Phi) is 2.63. The highest BCUT2D eigenvalue weighted by Gasteiger charge is 2.13. The van der Waals surface area contributed by atoms with Crippen LogP contribution in [0.4, 0.5) is 0 Å². The third kappa shape index (κ3) is 1.78. The van der Waals surface area contributed by atoms with E-state index in [4.69, 9.17) is 9.84 Å². The van der Waals surface area contributed by atoms with Gasteiger partial charge in [0, 0.05) is 10.8 Å². The van der Waals surface area contributed by atoms with Crippen LogP contribution in [0.5, 0.6) is 11.5 Å². The van der Waals surface area contributed by atoms with Crippen LogP contribution in [-0.2, 0) is 0 Å². The molecule has 2 aromatic carbocycles. The lowest BCUT2D eigenvalue weighted by molar-refractivity contribution is 0.0696. The number of aryl methyl sites for hydroxylation is 1. The zero-order valence-corrected chi connectivity index (χ0v) is 9.52. The van der Waals surface area contributed by atoms with Gasteiger partial charge in [0.1, 0.15) is 11.5 Å². The number of phenolic OH excluding ortho intramolecular Hbond substituents is 1. The maximum atomic E-state index is 10.9. The molecule has 0 saturated heterocycles. The first-order valence-electron chi connectivity index (χ1n) is 5.08. The van der Waals surface area contributed by atoms with E-state index in [2.05, 4.69) is 0 Å². The molecule has 0 bridgehead atoms. The summed E-state index contributed by atoms with van der Waals surface area (Å²) < 4.78 is 5.17. The van der Waals surface area contributed by atoms with Crippen molar-refractivity contribution in [3.63, 3.8) is 0 Å². The van der Waals surface area contributed by atoms with Crippen molar-refractivity contribution in [1.82, 2.24) is 0 Å². The summed E-state index contributed by atoms with van der Waals surface area (Å²) in [5.74, 6) is -0.578. The van der Waals surface area contributed by atoms with Gasteiger partial charge < -0.3 is 14.9 Å². The van der Waals surface area contributed by atoms with Crippen molar-refractivity contribution in [2.24, 2.45) is 0 Å². The summed E-state index contributed by atoms with van der Waals surface area (Å²) in [6, 6.07) is 6.32. The highest BCUT2D eigenvalue weighted by atomic mass is 16.5. The number of aromatic hydroxyl groups is 1. The third-order valence-corrected chi connectivity index (χ3v) is 2.73. The van der Waals surface area contributed by atoms with E-state index < -0.39 is 5.97 Å². The molecule has 0 fully saturated rings. The van der Waals surface area contributed by atoms with E-state index >= 15 is 0 Å². The number of ether oxygens (including phenoxy) is 1. The Balaban J connectivity index is 2.89. The van der Waals surface area contributed by atoms with Gasteiger partial charge in [-0.15, -0.1) is 0 Å². The molecular formula is C13H12O4. The minimum Gasteiger partial charge on any atom is -0.507 e.